The summed E-state index contributed by atoms with van der Waals surface area (Å²) < 4.78 is 10.5. The van der Waals surface area contributed by atoms with Crippen molar-refractivity contribution in [1.29, 1.82) is 0 Å². The zero-order chi connectivity index (χ0) is 19.1. The summed E-state index contributed by atoms with van der Waals surface area (Å²) in [5.74, 6) is 1.51. The van der Waals surface area contributed by atoms with Crippen molar-refractivity contribution in [2.24, 2.45) is 0 Å². The lowest BCUT2D eigenvalue weighted by Crippen LogP contribution is -2.13. The molecule has 0 spiro atoms. The zero-order valence-electron chi connectivity index (χ0n) is 15.1. The van der Waals surface area contributed by atoms with Crippen LogP contribution in [-0.4, -0.2) is 30.1 Å². The second-order valence-electron chi connectivity index (χ2n) is 5.67. The van der Waals surface area contributed by atoms with E-state index in [4.69, 9.17) is 9.47 Å². The first-order valence-electron chi connectivity index (χ1n) is 8.32. The molecule has 7 heteroatoms. The number of nitrogens with zero attached hydrogens (tertiary/aromatic N) is 2. The van der Waals surface area contributed by atoms with Gasteiger partial charge in [-0.1, -0.05) is 6.07 Å². The number of pyridine rings is 2. The molecular weight excluding hydrogens is 344 g/mol. The lowest BCUT2D eigenvalue weighted by molar-refractivity contribution is 0.102. The van der Waals surface area contributed by atoms with Crippen LogP contribution in [0.15, 0.2) is 61.1 Å². The van der Waals surface area contributed by atoms with Crippen LogP contribution in [0.2, 0.25) is 0 Å². The molecule has 27 heavy (non-hydrogen) atoms. The molecule has 7 nitrogen and oxygen atoms in total. The summed E-state index contributed by atoms with van der Waals surface area (Å²) in [4.78, 5) is 20.9. The van der Waals surface area contributed by atoms with Crippen molar-refractivity contribution in [2.75, 3.05) is 24.9 Å². The molecule has 0 saturated carbocycles. The summed E-state index contributed by atoms with van der Waals surface area (Å²) in [7, 11) is 3.11. The molecule has 0 bridgehead atoms. The molecule has 0 saturated heterocycles. The maximum Gasteiger partial charge on any atom is 0.255 e. The Labute approximate surface area is 157 Å². The number of nitrogens with one attached hydrogen (secondary N) is 2. The molecule has 0 aliphatic rings. The van der Waals surface area contributed by atoms with E-state index in [0.29, 0.717) is 35.1 Å². The minimum Gasteiger partial charge on any atom is -0.493 e. The fourth-order valence-corrected chi connectivity index (χ4v) is 2.48. The van der Waals surface area contributed by atoms with E-state index in [1.807, 2.05) is 12.1 Å². The molecule has 3 rings (SSSR count). The van der Waals surface area contributed by atoms with Gasteiger partial charge in [0.15, 0.2) is 11.5 Å². The van der Waals surface area contributed by atoms with E-state index in [1.165, 1.54) is 0 Å². The van der Waals surface area contributed by atoms with Gasteiger partial charge in [0.25, 0.3) is 5.91 Å². The molecule has 0 fully saturated rings. The summed E-state index contributed by atoms with van der Waals surface area (Å²) >= 11 is 0. The minimum atomic E-state index is -0.242. The van der Waals surface area contributed by atoms with Crippen LogP contribution < -0.4 is 20.1 Å². The molecule has 2 heterocycles. The van der Waals surface area contributed by atoms with Crippen LogP contribution >= 0.6 is 0 Å². The largest absolute Gasteiger partial charge is 0.493 e. The molecule has 2 aromatic heterocycles. The predicted octanol–water partition coefficient (Wildman–Crippen LogP) is 3.36. The van der Waals surface area contributed by atoms with E-state index >= 15 is 0 Å². The number of amides is 1. The van der Waals surface area contributed by atoms with Crippen molar-refractivity contribution in [3.8, 4) is 11.5 Å². The summed E-state index contributed by atoms with van der Waals surface area (Å²) in [6.45, 7) is 0.571. The number of hydrogen-bond donors (Lipinski definition) is 2. The van der Waals surface area contributed by atoms with Gasteiger partial charge in [0.1, 0.15) is 5.82 Å². The van der Waals surface area contributed by atoms with Crippen molar-refractivity contribution in [2.45, 2.75) is 6.54 Å². The van der Waals surface area contributed by atoms with Crippen molar-refractivity contribution in [1.82, 2.24) is 9.97 Å². The van der Waals surface area contributed by atoms with Gasteiger partial charge in [-0.2, -0.15) is 0 Å². The number of hydrogen-bond acceptors (Lipinski definition) is 6. The van der Waals surface area contributed by atoms with Crippen molar-refractivity contribution >= 4 is 17.4 Å². The van der Waals surface area contributed by atoms with Gasteiger partial charge in [-0.25, -0.2) is 4.98 Å². The number of anilines is 2. The highest BCUT2D eigenvalue weighted by Gasteiger charge is 2.10. The molecule has 2 N–H and O–H groups in total. The molecule has 1 aromatic carbocycles. The van der Waals surface area contributed by atoms with Crippen molar-refractivity contribution < 1.29 is 14.3 Å². The Morgan fingerprint density at radius 2 is 1.89 bits per heavy atom. The maximum absolute atomic E-state index is 12.5. The number of benzene rings is 1. The van der Waals surface area contributed by atoms with E-state index < -0.39 is 0 Å². The highest BCUT2D eigenvalue weighted by Crippen LogP contribution is 2.29. The van der Waals surface area contributed by atoms with Crippen LogP contribution in [0.3, 0.4) is 0 Å². The molecular formula is C20H20N4O3. The standard InChI is InChI=1S/C20H20N4O3/c1-26-17-6-5-16(11-18(17)27-2)24-20(25)15-7-9-22-19(10-15)23-13-14-4-3-8-21-12-14/h3-12H,13H2,1-2H3,(H,22,23)(H,24,25). The van der Waals surface area contributed by atoms with E-state index in [-0.39, 0.29) is 5.91 Å². The highest BCUT2D eigenvalue weighted by atomic mass is 16.5. The van der Waals surface area contributed by atoms with Crippen molar-refractivity contribution in [3.05, 3.63) is 72.2 Å². The first-order valence-corrected chi connectivity index (χ1v) is 8.32. The Hall–Kier alpha value is -3.61. The second kappa shape index (κ2) is 8.66. The lowest BCUT2D eigenvalue weighted by Gasteiger charge is -2.11. The Balaban J connectivity index is 1.68. The fraction of sp³-hybridized carbons (Fsp3) is 0.150. The smallest absolute Gasteiger partial charge is 0.255 e. The average molecular weight is 364 g/mol. The number of rotatable bonds is 7. The second-order valence-corrected chi connectivity index (χ2v) is 5.67. The van der Waals surface area contributed by atoms with Crippen LogP contribution in [0.25, 0.3) is 0 Å². The summed E-state index contributed by atoms with van der Waals surface area (Å²) in [6, 6.07) is 12.4. The normalized spacial score (nSPS) is 10.1. The van der Waals surface area contributed by atoms with Gasteiger partial charge >= 0.3 is 0 Å². The molecule has 138 valence electrons. The number of carbonyl (C=O) groups excluding carboxylic acids is 1. The van der Waals surface area contributed by atoms with Gasteiger partial charge in [-0.3, -0.25) is 9.78 Å². The van der Waals surface area contributed by atoms with Gasteiger partial charge in [-0.05, 0) is 35.9 Å². The highest BCUT2D eigenvalue weighted by molar-refractivity contribution is 6.04. The third-order valence-electron chi connectivity index (χ3n) is 3.86. The third-order valence-corrected chi connectivity index (χ3v) is 3.86. The van der Waals surface area contributed by atoms with Crippen LogP contribution in [0, 0.1) is 0 Å². The SMILES string of the molecule is COc1ccc(NC(=O)c2ccnc(NCc3cccnc3)c2)cc1OC. The van der Waals surface area contributed by atoms with Gasteiger partial charge in [0, 0.05) is 42.5 Å². The van der Waals surface area contributed by atoms with Crippen molar-refractivity contribution in [3.63, 3.8) is 0 Å². The molecule has 0 atom stereocenters. The zero-order valence-corrected chi connectivity index (χ0v) is 15.1. The number of carbonyl (C=O) groups is 1. The summed E-state index contributed by atoms with van der Waals surface area (Å²) in [5, 5.41) is 6.03. The van der Waals surface area contributed by atoms with Crippen LogP contribution in [0.5, 0.6) is 11.5 Å². The lowest BCUT2D eigenvalue weighted by atomic mass is 10.2. The fourth-order valence-electron chi connectivity index (χ4n) is 2.48. The Kier molecular flexibility index (Phi) is 5.84. The number of ether oxygens (including phenoxy) is 2. The van der Waals surface area contributed by atoms with Gasteiger partial charge in [0.05, 0.1) is 14.2 Å². The quantitative estimate of drug-likeness (QED) is 0.669. The van der Waals surface area contributed by atoms with Gasteiger partial charge in [-0.15, -0.1) is 0 Å². The maximum atomic E-state index is 12.5. The monoisotopic (exact) mass is 364 g/mol. The average Bonchev–Trinajstić information content (AvgIpc) is 2.73. The number of aromatic nitrogens is 2. The summed E-state index contributed by atoms with van der Waals surface area (Å²) in [5.41, 5.74) is 2.13. The first kappa shape index (κ1) is 18.2. The third kappa shape index (κ3) is 4.72. The molecule has 0 aliphatic carbocycles. The number of methoxy groups -OCH3 is 2. The van der Waals surface area contributed by atoms with Crippen LogP contribution in [-0.2, 0) is 6.54 Å². The first-order chi connectivity index (χ1) is 13.2. The Morgan fingerprint density at radius 1 is 1.04 bits per heavy atom. The molecule has 0 aliphatic heterocycles. The van der Waals surface area contributed by atoms with E-state index in [1.54, 1.807) is 63.1 Å². The predicted molar refractivity (Wildman–Crippen MR) is 103 cm³/mol. The topological polar surface area (TPSA) is 85.4 Å². The Bertz CT molecular complexity index is 916. The molecule has 3 aromatic rings. The van der Waals surface area contributed by atoms with E-state index in [2.05, 4.69) is 20.6 Å². The Morgan fingerprint density at radius 3 is 2.63 bits per heavy atom. The molecule has 1 amide bonds. The molecule has 0 radical (unpaired) electrons. The minimum absolute atomic E-state index is 0.242. The van der Waals surface area contributed by atoms with E-state index in [9.17, 15) is 4.79 Å². The van der Waals surface area contributed by atoms with Crippen LogP contribution in [0.1, 0.15) is 15.9 Å². The van der Waals surface area contributed by atoms with Crippen LogP contribution in [0.4, 0.5) is 11.5 Å². The molecule has 0 unspecified atom stereocenters. The van der Waals surface area contributed by atoms with Gasteiger partial charge < -0.3 is 20.1 Å². The van der Waals surface area contributed by atoms with Gasteiger partial charge in [0.2, 0.25) is 0 Å². The van der Waals surface area contributed by atoms with E-state index in [0.717, 1.165) is 5.56 Å². The summed E-state index contributed by atoms with van der Waals surface area (Å²) in [6.07, 6.45) is 5.09.